The highest BCUT2D eigenvalue weighted by Gasteiger charge is 2.13. The fourth-order valence-corrected chi connectivity index (χ4v) is 1.28. The summed E-state index contributed by atoms with van der Waals surface area (Å²) in [6, 6.07) is 1.18. The summed E-state index contributed by atoms with van der Waals surface area (Å²) in [7, 11) is 0. The zero-order valence-electron chi connectivity index (χ0n) is 8.03. The lowest BCUT2D eigenvalue weighted by molar-refractivity contribution is -0.385. The Morgan fingerprint density at radius 2 is 2.31 bits per heavy atom. The smallest absolute Gasteiger partial charge is 0.258 e. The van der Waals surface area contributed by atoms with Crippen molar-refractivity contribution in [1.29, 1.82) is 0 Å². The Hall–Kier alpha value is -2.09. The van der Waals surface area contributed by atoms with Crippen LogP contribution in [-0.4, -0.2) is 30.1 Å². The highest BCUT2D eigenvalue weighted by molar-refractivity contribution is 6.32. The van der Waals surface area contributed by atoms with Crippen molar-refractivity contribution in [2.24, 2.45) is 0 Å². The van der Waals surface area contributed by atoms with E-state index in [0.29, 0.717) is 5.82 Å². The standard InChI is InChI=1S/C7H5ClN6O2/c1-4-10-12-13(11-4)7-6(8)2-5(3-9-7)14(15)16/h2-3H,1H3. The summed E-state index contributed by atoms with van der Waals surface area (Å²) in [6.45, 7) is 1.66. The molecule has 0 aromatic carbocycles. The molecular formula is C7H5ClN6O2. The molecule has 82 valence electrons. The first-order chi connectivity index (χ1) is 7.58. The quantitative estimate of drug-likeness (QED) is 0.572. The topological polar surface area (TPSA) is 99.6 Å². The maximum atomic E-state index is 10.5. The molecule has 2 aromatic heterocycles. The number of tetrazole rings is 1. The Bertz CT molecular complexity index is 554. The maximum absolute atomic E-state index is 10.5. The number of pyridine rings is 1. The molecule has 8 nitrogen and oxygen atoms in total. The molecule has 0 saturated heterocycles. The van der Waals surface area contributed by atoms with E-state index in [2.05, 4.69) is 20.4 Å². The van der Waals surface area contributed by atoms with E-state index in [-0.39, 0.29) is 16.5 Å². The molecule has 0 aliphatic heterocycles. The zero-order valence-corrected chi connectivity index (χ0v) is 8.79. The first kappa shape index (κ1) is 10.4. The van der Waals surface area contributed by atoms with Crippen LogP contribution in [0.2, 0.25) is 5.02 Å². The molecule has 0 bridgehead atoms. The van der Waals surface area contributed by atoms with Gasteiger partial charge in [0.1, 0.15) is 6.20 Å². The van der Waals surface area contributed by atoms with Crippen molar-refractivity contribution >= 4 is 17.3 Å². The Balaban J connectivity index is 2.47. The van der Waals surface area contributed by atoms with Gasteiger partial charge in [0, 0.05) is 6.07 Å². The highest BCUT2D eigenvalue weighted by Crippen LogP contribution is 2.21. The molecule has 0 aliphatic rings. The summed E-state index contributed by atoms with van der Waals surface area (Å²) >= 11 is 5.82. The van der Waals surface area contributed by atoms with Gasteiger partial charge in [0.05, 0.1) is 9.95 Å². The molecule has 0 N–H and O–H groups in total. The van der Waals surface area contributed by atoms with Crippen LogP contribution in [0.25, 0.3) is 5.82 Å². The van der Waals surface area contributed by atoms with Gasteiger partial charge in [-0.2, -0.15) is 0 Å². The summed E-state index contributed by atoms with van der Waals surface area (Å²) in [6.07, 6.45) is 1.08. The Morgan fingerprint density at radius 3 is 2.81 bits per heavy atom. The normalized spacial score (nSPS) is 10.4. The van der Waals surface area contributed by atoms with E-state index in [4.69, 9.17) is 11.6 Å². The third kappa shape index (κ3) is 1.82. The van der Waals surface area contributed by atoms with Gasteiger partial charge in [0.25, 0.3) is 5.69 Å². The van der Waals surface area contributed by atoms with Crippen LogP contribution in [0.1, 0.15) is 5.82 Å². The summed E-state index contributed by atoms with van der Waals surface area (Å²) in [4.78, 5) is 14.8. The molecule has 0 saturated carbocycles. The van der Waals surface area contributed by atoms with Crippen molar-refractivity contribution in [3.63, 3.8) is 0 Å². The molecule has 0 amide bonds. The monoisotopic (exact) mass is 240 g/mol. The number of aromatic nitrogens is 5. The van der Waals surface area contributed by atoms with Crippen LogP contribution in [0.4, 0.5) is 5.69 Å². The number of halogens is 1. The van der Waals surface area contributed by atoms with Crippen LogP contribution in [0, 0.1) is 17.0 Å². The van der Waals surface area contributed by atoms with Gasteiger partial charge in [0.2, 0.25) is 0 Å². The van der Waals surface area contributed by atoms with Crippen molar-refractivity contribution in [2.45, 2.75) is 6.92 Å². The van der Waals surface area contributed by atoms with Gasteiger partial charge in [-0.3, -0.25) is 10.1 Å². The fraction of sp³-hybridized carbons (Fsp3) is 0.143. The van der Waals surface area contributed by atoms with Gasteiger partial charge in [-0.15, -0.1) is 15.0 Å². The molecule has 0 unspecified atom stereocenters. The van der Waals surface area contributed by atoms with E-state index < -0.39 is 4.92 Å². The van der Waals surface area contributed by atoms with Crippen LogP contribution < -0.4 is 0 Å². The van der Waals surface area contributed by atoms with E-state index in [1.807, 2.05) is 0 Å². The first-order valence-electron chi connectivity index (χ1n) is 4.15. The average Bonchev–Trinajstić information content (AvgIpc) is 2.64. The predicted octanol–water partition coefficient (Wildman–Crippen LogP) is 0.927. The van der Waals surface area contributed by atoms with E-state index in [1.165, 1.54) is 6.07 Å². The van der Waals surface area contributed by atoms with Crippen LogP contribution in [0.15, 0.2) is 12.3 Å². The van der Waals surface area contributed by atoms with Crippen molar-refractivity contribution in [2.75, 3.05) is 0 Å². The average molecular weight is 241 g/mol. The highest BCUT2D eigenvalue weighted by atomic mass is 35.5. The van der Waals surface area contributed by atoms with Gasteiger partial charge in [-0.1, -0.05) is 11.6 Å². The molecule has 0 fully saturated rings. The molecule has 0 aliphatic carbocycles. The number of hydrogen-bond acceptors (Lipinski definition) is 6. The second-order valence-corrected chi connectivity index (χ2v) is 3.29. The van der Waals surface area contributed by atoms with E-state index in [9.17, 15) is 10.1 Å². The van der Waals surface area contributed by atoms with Crippen molar-refractivity contribution in [1.82, 2.24) is 25.2 Å². The van der Waals surface area contributed by atoms with Gasteiger partial charge in [-0.05, 0) is 12.1 Å². The fourth-order valence-electron chi connectivity index (χ4n) is 1.04. The van der Waals surface area contributed by atoms with Gasteiger partial charge < -0.3 is 0 Å². The maximum Gasteiger partial charge on any atom is 0.289 e. The van der Waals surface area contributed by atoms with Crippen molar-refractivity contribution in [3.05, 3.63) is 33.2 Å². The molecule has 2 aromatic rings. The minimum atomic E-state index is -0.581. The molecule has 0 atom stereocenters. The molecule has 2 rings (SSSR count). The Kier molecular flexibility index (Phi) is 2.49. The molecule has 0 spiro atoms. The van der Waals surface area contributed by atoms with E-state index in [0.717, 1.165) is 11.0 Å². The van der Waals surface area contributed by atoms with Crippen LogP contribution in [0.3, 0.4) is 0 Å². The Labute approximate surface area is 94.0 Å². The SMILES string of the molecule is Cc1nnn(-c2ncc([N+](=O)[O-])cc2Cl)n1. The van der Waals surface area contributed by atoms with Gasteiger partial charge in [0.15, 0.2) is 11.6 Å². The number of nitro groups is 1. The summed E-state index contributed by atoms with van der Waals surface area (Å²) in [5.41, 5.74) is -0.189. The predicted molar refractivity (Wildman–Crippen MR) is 53.4 cm³/mol. The molecule has 9 heteroatoms. The van der Waals surface area contributed by atoms with Crippen LogP contribution in [0.5, 0.6) is 0 Å². The second kappa shape index (κ2) is 3.81. The van der Waals surface area contributed by atoms with E-state index >= 15 is 0 Å². The molecule has 0 radical (unpaired) electrons. The summed E-state index contributed by atoms with van der Waals surface area (Å²) in [5.74, 6) is 0.657. The van der Waals surface area contributed by atoms with Crippen LogP contribution in [-0.2, 0) is 0 Å². The second-order valence-electron chi connectivity index (χ2n) is 2.88. The zero-order chi connectivity index (χ0) is 11.7. The lowest BCUT2D eigenvalue weighted by Gasteiger charge is -1.99. The lowest BCUT2D eigenvalue weighted by Crippen LogP contribution is -2.03. The first-order valence-corrected chi connectivity index (χ1v) is 4.52. The van der Waals surface area contributed by atoms with Gasteiger partial charge >= 0.3 is 0 Å². The van der Waals surface area contributed by atoms with E-state index in [1.54, 1.807) is 6.92 Å². The van der Waals surface area contributed by atoms with Crippen molar-refractivity contribution in [3.8, 4) is 5.82 Å². The number of hydrogen-bond donors (Lipinski definition) is 0. The van der Waals surface area contributed by atoms with Crippen molar-refractivity contribution < 1.29 is 4.92 Å². The lowest BCUT2D eigenvalue weighted by atomic mass is 10.4. The van der Waals surface area contributed by atoms with Crippen LogP contribution >= 0.6 is 11.6 Å². The number of nitrogens with zero attached hydrogens (tertiary/aromatic N) is 6. The third-order valence-corrected chi connectivity index (χ3v) is 2.00. The number of rotatable bonds is 2. The third-order valence-electron chi connectivity index (χ3n) is 1.72. The minimum Gasteiger partial charge on any atom is -0.258 e. The minimum absolute atomic E-state index is 0.0894. The largest absolute Gasteiger partial charge is 0.289 e. The Morgan fingerprint density at radius 1 is 1.56 bits per heavy atom. The summed E-state index contributed by atoms with van der Waals surface area (Å²) in [5, 5.41) is 21.8. The molecule has 2 heterocycles. The molecule has 16 heavy (non-hydrogen) atoms. The number of aryl methyl sites for hydroxylation is 1. The molecular weight excluding hydrogens is 236 g/mol. The summed E-state index contributed by atoms with van der Waals surface area (Å²) < 4.78 is 0. The van der Waals surface area contributed by atoms with Gasteiger partial charge in [-0.25, -0.2) is 4.98 Å².